The molecule has 3 aromatic rings. The van der Waals surface area contributed by atoms with Gasteiger partial charge in [0, 0.05) is 17.1 Å². The second-order valence-corrected chi connectivity index (χ2v) is 7.42. The molecule has 4 heteroatoms. The lowest BCUT2D eigenvalue weighted by molar-refractivity contribution is 0.103. The van der Waals surface area contributed by atoms with Gasteiger partial charge in [-0.3, -0.25) is 4.79 Å². The Morgan fingerprint density at radius 1 is 1.12 bits per heavy atom. The Kier molecular flexibility index (Phi) is 4.38. The molecule has 1 aliphatic heterocycles. The summed E-state index contributed by atoms with van der Waals surface area (Å²) in [6.45, 7) is 3.92. The van der Waals surface area contributed by atoms with Crippen LogP contribution in [0.2, 0.25) is 0 Å². The number of rotatable bonds is 3. The van der Waals surface area contributed by atoms with Gasteiger partial charge in [-0.25, -0.2) is 0 Å². The highest BCUT2D eigenvalue weighted by Crippen LogP contribution is 2.30. The molecule has 0 atom stereocenters. The van der Waals surface area contributed by atoms with Gasteiger partial charge in [0.25, 0.3) is 5.91 Å². The molecule has 2 N–H and O–H groups in total. The Labute approximate surface area is 151 Å². The van der Waals surface area contributed by atoms with E-state index in [0.29, 0.717) is 0 Å². The van der Waals surface area contributed by atoms with Gasteiger partial charge in [0.2, 0.25) is 0 Å². The average molecular weight is 348 g/mol. The van der Waals surface area contributed by atoms with E-state index in [2.05, 4.69) is 35.8 Å². The summed E-state index contributed by atoms with van der Waals surface area (Å²) >= 11 is 1.59. The van der Waals surface area contributed by atoms with Gasteiger partial charge in [-0.15, -0.1) is 11.3 Å². The summed E-state index contributed by atoms with van der Waals surface area (Å²) in [7, 11) is 0. The Hall–Kier alpha value is -2.43. The fraction of sp³-hybridized carbons (Fsp3) is 0.190. The molecule has 2 heterocycles. The molecule has 0 saturated carbocycles. The van der Waals surface area contributed by atoms with Gasteiger partial charge in [-0.2, -0.15) is 0 Å². The van der Waals surface area contributed by atoms with Crippen LogP contribution in [-0.2, 0) is 13.0 Å². The van der Waals surface area contributed by atoms with E-state index in [9.17, 15) is 4.79 Å². The lowest BCUT2D eigenvalue weighted by Crippen LogP contribution is -2.21. The minimum atomic E-state index is -0.0206. The van der Waals surface area contributed by atoms with Crippen LogP contribution in [0.1, 0.15) is 25.7 Å². The number of anilines is 1. The van der Waals surface area contributed by atoms with Crippen LogP contribution in [-0.4, -0.2) is 12.5 Å². The molecule has 4 rings (SSSR count). The molecule has 0 spiro atoms. The highest BCUT2D eigenvalue weighted by molar-refractivity contribution is 7.14. The van der Waals surface area contributed by atoms with Crippen molar-refractivity contribution in [3.8, 4) is 11.1 Å². The normalized spacial score (nSPS) is 13.3. The number of benzene rings is 2. The van der Waals surface area contributed by atoms with Crippen LogP contribution in [0.5, 0.6) is 0 Å². The van der Waals surface area contributed by atoms with Gasteiger partial charge in [-0.05, 0) is 54.3 Å². The molecule has 25 heavy (non-hydrogen) atoms. The summed E-state index contributed by atoms with van der Waals surface area (Å²) < 4.78 is 0. The average Bonchev–Trinajstić information content (AvgIpc) is 3.08. The Morgan fingerprint density at radius 3 is 2.76 bits per heavy atom. The molecule has 126 valence electrons. The minimum Gasteiger partial charge on any atom is -0.321 e. The number of thiophene rings is 1. The first-order chi connectivity index (χ1) is 12.2. The van der Waals surface area contributed by atoms with Crippen molar-refractivity contribution in [1.29, 1.82) is 0 Å². The maximum absolute atomic E-state index is 12.7. The molecule has 1 amide bonds. The highest BCUT2D eigenvalue weighted by Gasteiger charge is 2.18. The first-order valence-corrected chi connectivity index (χ1v) is 9.33. The second-order valence-electron chi connectivity index (χ2n) is 6.28. The van der Waals surface area contributed by atoms with Crippen LogP contribution in [0, 0.1) is 6.92 Å². The fourth-order valence-corrected chi connectivity index (χ4v) is 4.33. The predicted octanol–water partition coefficient (Wildman–Crippen LogP) is 4.62. The number of hydrogen-bond acceptors (Lipinski definition) is 3. The topological polar surface area (TPSA) is 41.1 Å². The van der Waals surface area contributed by atoms with Gasteiger partial charge in [0.1, 0.15) is 0 Å². The maximum atomic E-state index is 12.7. The van der Waals surface area contributed by atoms with E-state index in [1.165, 1.54) is 10.4 Å². The maximum Gasteiger partial charge on any atom is 0.265 e. The summed E-state index contributed by atoms with van der Waals surface area (Å²) in [4.78, 5) is 14.8. The van der Waals surface area contributed by atoms with E-state index in [1.54, 1.807) is 11.3 Å². The van der Waals surface area contributed by atoms with E-state index in [0.717, 1.165) is 46.8 Å². The van der Waals surface area contributed by atoms with E-state index < -0.39 is 0 Å². The smallest absolute Gasteiger partial charge is 0.265 e. The number of hydrogen-bond donors (Lipinski definition) is 2. The Bertz CT molecular complexity index is 891. The molecular weight excluding hydrogens is 328 g/mol. The van der Waals surface area contributed by atoms with Gasteiger partial charge >= 0.3 is 0 Å². The number of amides is 1. The third kappa shape index (κ3) is 3.23. The SMILES string of the molecule is Cc1c(NC(=O)c2cc3c(s2)CNCC3)cccc1-c1ccccc1. The van der Waals surface area contributed by atoms with Crippen molar-refractivity contribution in [3.63, 3.8) is 0 Å². The summed E-state index contributed by atoms with van der Waals surface area (Å²) in [5.74, 6) is -0.0206. The van der Waals surface area contributed by atoms with Crippen molar-refractivity contribution in [1.82, 2.24) is 5.32 Å². The summed E-state index contributed by atoms with van der Waals surface area (Å²) in [5, 5.41) is 6.45. The molecule has 0 unspecified atom stereocenters. The molecular formula is C21H20N2OS. The highest BCUT2D eigenvalue weighted by atomic mass is 32.1. The van der Waals surface area contributed by atoms with E-state index in [4.69, 9.17) is 0 Å². The molecule has 0 radical (unpaired) electrons. The first-order valence-electron chi connectivity index (χ1n) is 8.51. The molecule has 3 nitrogen and oxygen atoms in total. The third-order valence-corrected chi connectivity index (χ3v) is 5.82. The fourth-order valence-electron chi connectivity index (χ4n) is 3.25. The number of nitrogens with one attached hydrogen (secondary N) is 2. The van der Waals surface area contributed by atoms with Gasteiger partial charge in [0.05, 0.1) is 4.88 Å². The van der Waals surface area contributed by atoms with Crippen LogP contribution >= 0.6 is 11.3 Å². The zero-order valence-electron chi connectivity index (χ0n) is 14.1. The monoisotopic (exact) mass is 348 g/mol. The van der Waals surface area contributed by atoms with Crippen LogP contribution in [0.15, 0.2) is 54.6 Å². The van der Waals surface area contributed by atoms with Crippen molar-refractivity contribution in [3.05, 3.63) is 75.5 Å². The second kappa shape index (κ2) is 6.82. The molecule has 0 fully saturated rings. The number of fused-ring (bicyclic) bond motifs is 1. The van der Waals surface area contributed by atoms with Crippen molar-refractivity contribution in [2.45, 2.75) is 19.9 Å². The first kappa shape index (κ1) is 16.1. The Balaban J connectivity index is 1.60. The lowest BCUT2D eigenvalue weighted by Gasteiger charge is -2.12. The minimum absolute atomic E-state index is 0.0206. The van der Waals surface area contributed by atoms with Gasteiger partial charge in [0.15, 0.2) is 0 Å². The van der Waals surface area contributed by atoms with Crippen LogP contribution < -0.4 is 10.6 Å². The van der Waals surface area contributed by atoms with Crippen LogP contribution in [0.4, 0.5) is 5.69 Å². The predicted molar refractivity (Wildman–Crippen MR) is 104 cm³/mol. The lowest BCUT2D eigenvalue weighted by atomic mass is 9.99. The number of carbonyl (C=O) groups excluding carboxylic acids is 1. The quantitative estimate of drug-likeness (QED) is 0.725. The van der Waals surface area contributed by atoms with E-state index in [-0.39, 0.29) is 5.91 Å². The zero-order chi connectivity index (χ0) is 17.2. The van der Waals surface area contributed by atoms with Crippen molar-refractivity contribution in [2.75, 3.05) is 11.9 Å². The van der Waals surface area contributed by atoms with Crippen molar-refractivity contribution < 1.29 is 4.79 Å². The van der Waals surface area contributed by atoms with E-state index in [1.807, 2.05) is 36.4 Å². The molecule has 0 aliphatic carbocycles. The summed E-state index contributed by atoms with van der Waals surface area (Å²) in [5.41, 5.74) is 5.58. The van der Waals surface area contributed by atoms with E-state index >= 15 is 0 Å². The molecule has 2 aromatic carbocycles. The van der Waals surface area contributed by atoms with Crippen molar-refractivity contribution >= 4 is 22.9 Å². The van der Waals surface area contributed by atoms with Crippen LogP contribution in [0.25, 0.3) is 11.1 Å². The largest absolute Gasteiger partial charge is 0.321 e. The Morgan fingerprint density at radius 2 is 1.96 bits per heavy atom. The summed E-state index contributed by atoms with van der Waals surface area (Å²) in [6, 6.07) is 18.4. The van der Waals surface area contributed by atoms with Crippen LogP contribution in [0.3, 0.4) is 0 Å². The third-order valence-electron chi connectivity index (χ3n) is 4.64. The zero-order valence-corrected chi connectivity index (χ0v) is 15.0. The molecule has 1 aliphatic rings. The molecule has 0 bridgehead atoms. The molecule has 0 saturated heterocycles. The van der Waals surface area contributed by atoms with Crippen molar-refractivity contribution in [2.24, 2.45) is 0 Å². The standard InChI is InChI=1S/C21H20N2OS/c1-14-17(15-6-3-2-4-7-15)8-5-9-18(14)23-21(24)19-12-16-10-11-22-13-20(16)25-19/h2-9,12,22H,10-11,13H2,1H3,(H,23,24). The molecule has 1 aromatic heterocycles. The number of carbonyl (C=O) groups is 1. The van der Waals surface area contributed by atoms with Gasteiger partial charge in [-0.1, -0.05) is 42.5 Å². The summed E-state index contributed by atoms with van der Waals surface area (Å²) in [6.07, 6.45) is 1.00. The van der Waals surface area contributed by atoms with Gasteiger partial charge < -0.3 is 10.6 Å².